The van der Waals surface area contributed by atoms with Crippen molar-refractivity contribution in [1.29, 1.82) is 0 Å². The summed E-state index contributed by atoms with van der Waals surface area (Å²) in [6.07, 6.45) is 1.89. The smallest absolute Gasteiger partial charge is 0.339 e. The Morgan fingerprint density at radius 2 is 1.89 bits per heavy atom. The molecule has 2 aliphatic carbocycles. The van der Waals surface area contributed by atoms with Crippen LogP contribution in [-0.2, 0) is 21.4 Å². The van der Waals surface area contributed by atoms with Crippen molar-refractivity contribution in [2.75, 3.05) is 20.7 Å². The van der Waals surface area contributed by atoms with Gasteiger partial charge in [-0.1, -0.05) is 18.2 Å². The van der Waals surface area contributed by atoms with Gasteiger partial charge >= 0.3 is 11.9 Å². The number of rotatable bonds is 3. The lowest BCUT2D eigenvalue weighted by Crippen LogP contribution is -2.76. The van der Waals surface area contributed by atoms with Gasteiger partial charge in [0.25, 0.3) is 0 Å². The number of methoxy groups -OCH3 is 1. The number of aromatic carboxylic acids is 1. The Kier molecular flexibility index (Phi) is 5.80. The number of Topliss-reactive ketones (excluding diaryl/α,β-unsaturated/α-hetero) is 1. The Morgan fingerprint density at radius 1 is 1.14 bits per heavy atom. The molecule has 2 aromatic rings. The molecule has 2 heterocycles. The van der Waals surface area contributed by atoms with Gasteiger partial charge in [0.1, 0.15) is 11.3 Å². The van der Waals surface area contributed by atoms with Crippen LogP contribution in [0.25, 0.3) is 0 Å². The maximum Gasteiger partial charge on any atom is 0.339 e. The molecule has 2 aliphatic heterocycles. The molecule has 0 radical (unpaired) electrons. The van der Waals surface area contributed by atoms with Crippen LogP contribution in [0.5, 0.6) is 17.2 Å². The van der Waals surface area contributed by atoms with Gasteiger partial charge in [0, 0.05) is 24.9 Å². The minimum Gasteiger partial charge on any atom is -0.493 e. The van der Waals surface area contributed by atoms with E-state index in [1.54, 1.807) is 19.2 Å². The normalized spacial score (nSPS) is 29.3. The van der Waals surface area contributed by atoms with Crippen LogP contribution in [0.15, 0.2) is 36.4 Å². The maximum absolute atomic E-state index is 12.7. The molecular formula is C27H29NO8. The first-order valence-electron chi connectivity index (χ1n) is 12.0. The number of esters is 1. The highest BCUT2D eigenvalue weighted by Crippen LogP contribution is 2.64. The van der Waals surface area contributed by atoms with Gasteiger partial charge in [-0.15, -0.1) is 0 Å². The fourth-order valence-corrected chi connectivity index (χ4v) is 6.57. The van der Waals surface area contributed by atoms with E-state index in [0.717, 1.165) is 24.9 Å². The average Bonchev–Trinajstić information content (AvgIpc) is 3.20. The predicted octanol–water partition coefficient (Wildman–Crippen LogP) is 2.36. The third kappa shape index (κ3) is 3.33. The summed E-state index contributed by atoms with van der Waals surface area (Å²) in [6, 6.07) is 10.0. The first-order chi connectivity index (χ1) is 17.1. The number of para-hydroxylation sites is 1. The molecule has 0 amide bonds. The second kappa shape index (κ2) is 8.60. The molecular weight excluding hydrogens is 466 g/mol. The van der Waals surface area contributed by atoms with Crippen LogP contribution in [-0.4, -0.2) is 71.3 Å². The van der Waals surface area contributed by atoms with Crippen molar-refractivity contribution in [3.05, 3.63) is 53.1 Å². The number of hydrogen-bond acceptors (Lipinski definition) is 8. The third-order valence-corrected chi connectivity index (χ3v) is 8.10. The van der Waals surface area contributed by atoms with Crippen molar-refractivity contribution < 1.29 is 38.8 Å². The van der Waals surface area contributed by atoms with Gasteiger partial charge in [0.05, 0.1) is 18.1 Å². The maximum atomic E-state index is 12.7. The zero-order chi connectivity index (χ0) is 25.8. The summed E-state index contributed by atoms with van der Waals surface area (Å²) in [5.41, 5.74) is 0.721. The summed E-state index contributed by atoms with van der Waals surface area (Å²) in [5, 5.41) is 20.4. The molecule has 2 N–H and O–H groups in total. The number of hydrogen-bond donors (Lipinski definition) is 2. The Labute approximate surface area is 208 Å². The van der Waals surface area contributed by atoms with Crippen molar-refractivity contribution in [3.63, 3.8) is 0 Å². The van der Waals surface area contributed by atoms with Gasteiger partial charge in [-0.3, -0.25) is 9.59 Å². The first kappa shape index (κ1) is 24.3. The number of carbonyl (C=O) groups excluding carboxylic acids is 2. The number of likely N-dealkylation sites (N-methyl/N-ethyl adjacent to an activating group) is 1. The molecule has 9 nitrogen and oxygen atoms in total. The molecule has 6 rings (SSSR count). The molecule has 2 bridgehead atoms. The molecule has 4 aliphatic rings. The first-order valence-corrected chi connectivity index (χ1v) is 12.0. The number of carbonyl (C=O) groups is 3. The second-order valence-corrected chi connectivity index (χ2v) is 9.84. The van der Waals surface area contributed by atoms with Gasteiger partial charge in [0.2, 0.25) is 0 Å². The van der Waals surface area contributed by atoms with Crippen LogP contribution in [0.2, 0.25) is 0 Å². The second-order valence-electron chi connectivity index (χ2n) is 9.84. The Hall–Kier alpha value is -3.43. The topological polar surface area (TPSA) is 123 Å². The number of nitrogens with zero attached hydrogens (tertiary/aromatic N) is 1. The Morgan fingerprint density at radius 3 is 2.58 bits per heavy atom. The predicted molar refractivity (Wildman–Crippen MR) is 128 cm³/mol. The quantitative estimate of drug-likeness (QED) is 0.488. The van der Waals surface area contributed by atoms with E-state index in [1.807, 2.05) is 6.07 Å². The van der Waals surface area contributed by atoms with Crippen molar-refractivity contribution in [2.45, 2.75) is 55.8 Å². The van der Waals surface area contributed by atoms with Crippen molar-refractivity contribution >= 4 is 17.7 Å². The minimum absolute atomic E-state index is 0.0160. The van der Waals surface area contributed by atoms with Crippen LogP contribution in [0.3, 0.4) is 0 Å². The largest absolute Gasteiger partial charge is 0.493 e. The Balaban J connectivity index is 0.000000176. The number of benzene rings is 2. The standard InChI is InChI=1S/C18H21NO4.C9H8O4/c1-19-8-7-17-14-10-3-4-12(22-2)15(14)23-16(17)11(20)5-6-18(17,21)13(19)9-10;1-6(10)13-8-5-3-2-4-7(8)9(11)12/h3-4,13,16,21H,5-9H2,1-2H3;2-5H,1H3,(H,11,12)/t13-,16+,17+,18-;/m1./s1. The Bertz CT molecular complexity index is 1260. The van der Waals surface area contributed by atoms with Crippen LogP contribution in [0.4, 0.5) is 0 Å². The zero-order valence-electron chi connectivity index (χ0n) is 20.4. The number of carboxylic acid groups (broad SMARTS) is 1. The highest BCUT2D eigenvalue weighted by atomic mass is 16.5. The van der Waals surface area contributed by atoms with E-state index in [2.05, 4.69) is 22.8 Å². The number of ether oxygens (including phenoxy) is 3. The zero-order valence-corrected chi connectivity index (χ0v) is 20.4. The highest BCUT2D eigenvalue weighted by Gasteiger charge is 2.72. The summed E-state index contributed by atoms with van der Waals surface area (Å²) < 4.78 is 16.3. The molecule has 190 valence electrons. The highest BCUT2D eigenvalue weighted by molar-refractivity contribution is 5.92. The molecule has 36 heavy (non-hydrogen) atoms. The lowest BCUT2D eigenvalue weighted by atomic mass is 9.49. The SMILES string of the molecule is CC(=O)Oc1ccccc1C(=O)O.COc1ccc2c3c1O[C@H]1C(=O)CC[C@@]4(O)[C@@H](C2)N(C)CC[C@]314. The summed E-state index contributed by atoms with van der Waals surface area (Å²) in [5.74, 6) is -0.108. The van der Waals surface area contributed by atoms with Gasteiger partial charge in [-0.25, -0.2) is 4.79 Å². The summed E-state index contributed by atoms with van der Waals surface area (Å²) >= 11 is 0. The van der Waals surface area contributed by atoms with Gasteiger partial charge in [-0.05, 0) is 56.6 Å². The van der Waals surface area contributed by atoms with Crippen LogP contribution >= 0.6 is 0 Å². The molecule has 0 aromatic heterocycles. The van der Waals surface area contributed by atoms with Gasteiger partial charge in [-0.2, -0.15) is 0 Å². The van der Waals surface area contributed by atoms with E-state index in [1.165, 1.54) is 24.6 Å². The minimum atomic E-state index is -1.11. The lowest BCUT2D eigenvalue weighted by molar-refractivity contribution is -0.185. The molecule has 9 heteroatoms. The van der Waals surface area contributed by atoms with Crippen LogP contribution in [0, 0.1) is 0 Å². The molecule has 0 unspecified atom stereocenters. The molecule has 4 atom stereocenters. The fourth-order valence-electron chi connectivity index (χ4n) is 6.57. The van der Waals surface area contributed by atoms with E-state index < -0.39 is 29.1 Å². The van der Waals surface area contributed by atoms with E-state index in [9.17, 15) is 19.5 Å². The number of carboxylic acids is 1. The van der Waals surface area contributed by atoms with Crippen LogP contribution in [0.1, 0.15) is 47.7 Å². The van der Waals surface area contributed by atoms with Gasteiger partial charge < -0.3 is 29.3 Å². The molecule has 1 spiro atoms. The number of ketones is 1. The van der Waals surface area contributed by atoms with Crippen molar-refractivity contribution in [1.82, 2.24) is 4.90 Å². The molecule has 2 aromatic carbocycles. The number of likely N-dealkylation sites (tertiary alicyclic amines) is 1. The van der Waals surface area contributed by atoms with Gasteiger partial charge in [0.15, 0.2) is 23.4 Å². The van der Waals surface area contributed by atoms with Crippen molar-refractivity contribution in [2.24, 2.45) is 0 Å². The van der Waals surface area contributed by atoms with E-state index in [-0.39, 0.29) is 23.1 Å². The fraction of sp³-hybridized carbons (Fsp3) is 0.444. The summed E-state index contributed by atoms with van der Waals surface area (Å²) in [4.78, 5) is 36.1. The molecule has 1 saturated carbocycles. The lowest BCUT2D eigenvalue weighted by Gasteiger charge is -2.62. The number of piperidine rings is 1. The van der Waals surface area contributed by atoms with E-state index >= 15 is 0 Å². The summed E-state index contributed by atoms with van der Waals surface area (Å²) in [6.45, 7) is 2.09. The molecule has 2 fully saturated rings. The molecule has 1 saturated heterocycles. The van der Waals surface area contributed by atoms with Crippen molar-refractivity contribution in [3.8, 4) is 17.2 Å². The monoisotopic (exact) mass is 495 g/mol. The van der Waals surface area contributed by atoms with Crippen LogP contribution < -0.4 is 14.2 Å². The van der Waals surface area contributed by atoms with E-state index in [4.69, 9.17) is 14.6 Å². The number of aliphatic hydroxyl groups is 1. The average molecular weight is 496 g/mol. The summed E-state index contributed by atoms with van der Waals surface area (Å²) in [7, 11) is 3.70. The third-order valence-electron chi connectivity index (χ3n) is 8.10. The van der Waals surface area contributed by atoms with E-state index in [0.29, 0.717) is 24.3 Å².